The van der Waals surface area contributed by atoms with Crippen LogP contribution in [-0.2, 0) is 6.54 Å². The molecule has 0 unspecified atom stereocenters. The molecule has 0 aliphatic rings. The number of pyridine rings is 1. The lowest BCUT2D eigenvalue weighted by Gasteiger charge is -2.12. The summed E-state index contributed by atoms with van der Waals surface area (Å²) in [5.74, 6) is -1.13. The first-order valence-corrected chi connectivity index (χ1v) is 4.93. The van der Waals surface area contributed by atoms with Crippen LogP contribution in [0.5, 0.6) is 5.75 Å². The van der Waals surface area contributed by atoms with Gasteiger partial charge in [0, 0.05) is 25.4 Å². The molecule has 0 aromatic carbocycles. The van der Waals surface area contributed by atoms with Crippen molar-refractivity contribution in [2.24, 2.45) is 0 Å². The summed E-state index contributed by atoms with van der Waals surface area (Å²) in [4.78, 5) is 22.8. The van der Waals surface area contributed by atoms with E-state index in [-0.39, 0.29) is 18.8 Å². The number of aromatic hydroxyl groups is 1. The fraction of sp³-hybridized carbons (Fsp3) is 0.400. The number of nitrogens with zero attached hydrogens (tertiary/aromatic N) is 1. The highest BCUT2D eigenvalue weighted by atomic mass is 16.3. The van der Waals surface area contributed by atoms with Crippen LogP contribution in [0.15, 0.2) is 17.1 Å². The number of nitrogens with one attached hydrogen (secondary N) is 1. The highest BCUT2D eigenvalue weighted by Gasteiger charge is 2.16. The summed E-state index contributed by atoms with van der Waals surface area (Å²) < 4.78 is 1.34. The van der Waals surface area contributed by atoms with Gasteiger partial charge >= 0.3 is 0 Å². The Morgan fingerprint density at radius 3 is 2.81 bits per heavy atom. The summed E-state index contributed by atoms with van der Waals surface area (Å²) in [5, 5.41) is 20.8. The van der Waals surface area contributed by atoms with Crippen LogP contribution in [-0.4, -0.2) is 33.8 Å². The topological polar surface area (TPSA) is 91.6 Å². The van der Waals surface area contributed by atoms with Gasteiger partial charge in [0.2, 0.25) is 5.43 Å². The molecule has 0 atom stereocenters. The zero-order chi connectivity index (χ0) is 12.1. The van der Waals surface area contributed by atoms with Crippen molar-refractivity contribution in [1.82, 2.24) is 9.88 Å². The molecule has 0 saturated heterocycles. The Hall–Kier alpha value is -1.82. The van der Waals surface area contributed by atoms with Crippen LogP contribution in [0.25, 0.3) is 0 Å². The Labute approximate surface area is 92.1 Å². The van der Waals surface area contributed by atoms with Gasteiger partial charge in [0.05, 0.1) is 6.61 Å². The summed E-state index contributed by atoms with van der Waals surface area (Å²) in [6, 6.07) is 1.15. The van der Waals surface area contributed by atoms with E-state index in [2.05, 4.69) is 5.32 Å². The van der Waals surface area contributed by atoms with Gasteiger partial charge < -0.3 is 20.1 Å². The lowest BCUT2D eigenvalue weighted by molar-refractivity contribution is 0.0940. The van der Waals surface area contributed by atoms with Gasteiger partial charge in [-0.1, -0.05) is 0 Å². The molecule has 0 bridgehead atoms. The van der Waals surface area contributed by atoms with E-state index in [0.29, 0.717) is 6.54 Å². The molecule has 16 heavy (non-hydrogen) atoms. The fourth-order valence-corrected chi connectivity index (χ4v) is 1.34. The van der Waals surface area contributed by atoms with E-state index in [4.69, 9.17) is 5.11 Å². The van der Waals surface area contributed by atoms with Gasteiger partial charge in [0.15, 0.2) is 11.4 Å². The van der Waals surface area contributed by atoms with Gasteiger partial charge in [-0.25, -0.2) is 0 Å². The molecule has 1 rings (SSSR count). The van der Waals surface area contributed by atoms with Crippen molar-refractivity contribution in [2.45, 2.75) is 13.5 Å². The number of aliphatic hydroxyl groups is 1. The molecule has 0 spiro atoms. The van der Waals surface area contributed by atoms with E-state index in [1.807, 2.05) is 0 Å². The van der Waals surface area contributed by atoms with Crippen molar-refractivity contribution >= 4 is 5.91 Å². The van der Waals surface area contributed by atoms with Crippen LogP contribution in [0.3, 0.4) is 0 Å². The van der Waals surface area contributed by atoms with Crippen molar-refractivity contribution in [3.8, 4) is 5.75 Å². The third-order valence-corrected chi connectivity index (χ3v) is 2.04. The van der Waals surface area contributed by atoms with Crippen LogP contribution >= 0.6 is 0 Å². The molecule has 0 aliphatic carbocycles. The first-order chi connectivity index (χ1) is 7.61. The number of rotatable bonds is 4. The van der Waals surface area contributed by atoms with Gasteiger partial charge in [-0.2, -0.15) is 0 Å². The Bertz CT molecular complexity index is 439. The van der Waals surface area contributed by atoms with E-state index in [1.165, 1.54) is 10.8 Å². The summed E-state index contributed by atoms with van der Waals surface area (Å²) in [6.45, 7) is 2.07. The minimum atomic E-state index is -0.615. The average Bonchev–Trinajstić information content (AvgIpc) is 2.24. The molecule has 0 fully saturated rings. The second-order valence-corrected chi connectivity index (χ2v) is 3.15. The molecule has 0 radical (unpaired) electrons. The predicted molar refractivity (Wildman–Crippen MR) is 57.5 cm³/mol. The Morgan fingerprint density at radius 2 is 2.25 bits per heavy atom. The molecule has 3 N–H and O–H groups in total. The zero-order valence-electron chi connectivity index (χ0n) is 8.93. The van der Waals surface area contributed by atoms with Gasteiger partial charge in [0.25, 0.3) is 5.91 Å². The molecule has 1 heterocycles. The molecule has 1 amide bonds. The lowest BCUT2D eigenvalue weighted by atomic mass is 10.2. The predicted octanol–water partition coefficient (Wildman–Crippen LogP) is -0.704. The third-order valence-electron chi connectivity index (χ3n) is 2.04. The van der Waals surface area contributed by atoms with Gasteiger partial charge in [-0.3, -0.25) is 9.59 Å². The Morgan fingerprint density at radius 1 is 1.56 bits per heavy atom. The summed E-state index contributed by atoms with van der Waals surface area (Å²) in [7, 11) is 0. The molecule has 6 nitrogen and oxygen atoms in total. The number of carbonyl (C=O) groups is 1. The van der Waals surface area contributed by atoms with Crippen molar-refractivity contribution in [2.75, 3.05) is 13.2 Å². The van der Waals surface area contributed by atoms with Crippen molar-refractivity contribution in [3.05, 3.63) is 28.2 Å². The molecule has 1 aromatic heterocycles. The van der Waals surface area contributed by atoms with E-state index in [0.717, 1.165) is 6.07 Å². The minimum absolute atomic E-state index is 0.122. The number of hydrogen-bond donors (Lipinski definition) is 3. The fourth-order valence-electron chi connectivity index (χ4n) is 1.34. The second kappa shape index (κ2) is 5.32. The maximum atomic E-state index is 11.6. The molecule has 1 aromatic rings. The quantitative estimate of drug-likeness (QED) is 0.632. The lowest BCUT2D eigenvalue weighted by Crippen LogP contribution is -2.29. The molecule has 0 aliphatic heterocycles. The van der Waals surface area contributed by atoms with Crippen LogP contribution in [0.2, 0.25) is 0 Å². The average molecular weight is 226 g/mol. The number of amides is 1. The number of aliphatic hydroxyl groups excluding tert-OH is 1. The van der Waals surface area contributed by atoms with Crippen LogP contribution < -0.4 is 10.7 Å². The van der Waals surface area contributed by atoms with E-state index in [1.54, 1.807) is 6.92 Å². The SMILES string of the molecule is CCNC(=O)c1c(O)c(=O)ccn1CCO. The first-order valence-electron chi connectivity index (χ1n) is 4.93. The van der Waals surface area contributed by atoms with Gasteiger partial charge in [-0.15, -0.1) is 0 Å². The maximum Gasteiger partial charge on any atom is 0.271 e. The number of hydrogen-bond acceptors (Lipinski definition) is 4. The van der Waals surface area contributed by atoms with Crippen LogP contribution in [0.4, 0.5) is 0 Å². The smallest absolute Gasteiger partial charge is 0.271 e. The molecular formula is C10H14N2O4. The minimum Gasteiger partial charge on any atom is -0.503 e. The third kappa shape index (κ3) is 2.40. The zero-order valence-corrected chi connectivity index (χ0v) is 8.93. The standard InChI is InChI=1S/C10H14N2O4/c1-2-11-10(16)8-9(15)7(14)3-4-12(8)5-6-13/h3-4,13,15H,2,5-6H2,1H3,(H,11,16). The summed E-state index contributed by atoms with van der Waals surface area (Å²) in [6.07, 6.45) is 1.36. The molecular weight excluding hydrogens is 212 g/mol. The Balaban J connectivity index is 3.25. The van der Waals surface area contributed by atoms with Crippen LogP contribution in [0, 0.1) is 0 Å². The highest BCUT2D eigenvalue weighted by molar-refractivity contribution is 5.95. The van der Waals surface area contributed by atoms with Crippen molar-refractivity contribution < 1.29 is 15.0 Å². The van der Waals surface area contributed by atoms with Crippen LogP contribution in [0.1, 0.15) is 17.4 Å². The van der Waals surface area contributed by atoms with Gasteiger partial charge in [0.1, 0.15) is 0 Å². The monoisotopic (exact) mass is 226 g/mol. The molecule has 6 heteroatoms. The number of aromatic nitrogens is 1. The first kappa shape index (κ1) is 12.3. The Kier molecular flexibility index (Phi) is 4.07. The van der Waals surface area contributed by atoms with E-state index < -0.39 is 17.1 Å². The van der Waals surface area contributed by atoms with Crippen molar-refractivity contribution in [3.63, 3.8) is 0 Å². The van der Waals surface area contributed by atoms with E-state index >= 15 is 0 Å². The normalized spacial score (nSPS) is 10.1. The van der Waals surface area contributed by atoms with E-state index in [9.17, 15) is 14.7 Å². The number of carbonyl (C=O) groups excluding carboxylic acids is 1. The van der Waals surface area contributed by atoms with Crippen molar-refractivity contribution in [1.29, 1.82) is 0 Å². The second-order valence-electron chi connectivity index (χ2n) is 3.15. The molecule has 88 valence electrons. The summed E-state index contributed by atoms with van der Waals surface area (Å²) >= 11 is 0. The highest BCUT2D eigenvalue weighted by Crippen LogP contribution is 2.10. The summed E-state index contributed by atoms with van der Waals surface area (Å²) in [5.41, 5.74) is -0.737. The largest absolute Gasteiger partial charge is 0.503 e. The van der Waals surface area contributed by atoms with Gasteiger partial charge in [-0.05, 0) is 6.92 Å². The maximum absolute atomic E-state index is 11.6. The molecule has 0 saturated carbocycles.